The molecule has 0 aromatic rings. The van der Waals surface area contributed by atoms with E-state index in [4.69, 9.17) is 15.2 Å². The van der Waals surface area contributed by atoms with Gasteiger partial charge < -0.3 is 15.2 Å². The van der Waals surface area contributed by atoms with E-state index in [0.29, 0.717) is 18.0 Å². The Kier molecular flexibility index (Phi) is 6.74. The van der Waals surface area contributed by atoms with Gasteiger partial charge >= 0.3 is 0 Å². The van der Waals surface area contributed by atoms with Gasteiger partial charge in [-0.2, -0.15) is 0 Å². The Bertz CT molecular complexity index is 259. The molecule has 1 rings (SSSR count). The van der Waals surface area contributed by atoms with Gasteiger partial charge in [-0.05, 0) is 31.1 Å². The van der Waals surface area contributed by atoms with E-state index in [9.17, 15) is 0 Å². The highest BCUT2D eigenvalue weighted by Crippen LogP contribution is 2.40. The summed E-state index contributed by atoms with van der Waals surface area (Å²) in [5.74, 6) is 0.589. The molecule has 114 valence electrons. The third kappa shape index (κ3) is 4.71. The normalized spacial score (nSPS) is 27.9. The summed E-state index contributed by atoms with van der Waals surface area (Å²) in [7, 11) is 3.51. The van der Waals surface area contributed by atoms with Gasteiger partial charge in [-0.25, -0.2) is 0 Å². The van der Waals surface area contributed by atoms with Crippen LogP contribution in [-0.4, -0.2) is 57.5 Å². The van der Waals surface area contributed by atoms with Crippen molar-refractivity contribution in [1.29, 1.82) is 0 Å². The molecule has 3 atom stereocenters. The molecule has 0 saturated heterocycles. The monoisotopic (exact) mass is 272 g/mol. The zero-order valence-corrected chi connectivity index (χ0v) is 13.3. The number of ether oxygens (including phenoxy) is 2. The third-order valence-electron chi connectivity index (χ3n) is 4.65. The molecule has 19 heavy (non-hydrogen) atoms. The molecule has 2 N–H and O–H groups in total. The maximum Gasteiger partial charge on any atom is 0.0615 e. The summed E-state index contributed by atoms with van der Waals surface area (Å²) >= 11 is 0. The van der Waals surface area contributed by atoms with Gasteiger partial charge in [-0.1, -0.05) is 13.8 Å². The Hall–Kier alpha value is -0.160. The Morgan fingerprint density at radius 2 is 2.00 bits per heavy atom. The van der Waals surface area contributed by atoms with Crippen molar-refractivity contribution in [2.45, 2.75) is 45.7 Å². The van der Waals surface area contributed by atoms with Crippen molar-refractivity contribution in [2.24, 2.45) is 17.1 Å². The van der Waals surface area contributed by atoms with Gasteiger partial charge in [0.15, 0.2) is 0 Å². The smallest absolute Gasteiger partial charge is 0.0615 e. The first kappa shape index (κ1) is 16.9. The third-order valence-corrected chi connectivity index (χ3v) is 4.65. The molecule has 0 heterocycles. The average molecular weight is 272 g/mol. The van der Waals surface area contributed by atoms with Gasteiger partial charge in [0.1, 0.15) is 0 Å². The standard InChI is InChI=1S/C15H32N2O2/c1-12(11-19-5)17(8-9-18-4)10-13-6-7-15(2,3)14(13)16/h12-14H,6-11,16H2,1-5H3. The first-order valence-corrected chi connectivity index (χ1v) is 7.40. The SMILES string of the molecule is COCCN(CC1CCC(C)(C)C1N)C(C)COC. The van der Waals surface area contributed by atoms with Crippen LogP contribution in [0.25, 0.3) is 0 Å². The Balaban J connectivity index is 2.56. The first-order chi connectivity index (χ1) is 8.92. The minimum absolute atomic E-state index is 0.280. The fourth-order valence-electron chi connectivity index (χ4n) is 3.09. The quantitative estimate of drug-likeness (QED) is 0.731. The molecule has 0 aliphatic heterocycles. The zero-order valence-electron chi connectivity index (χ0n) is 13.3. The van der Waals surface area contributed by atoms with Crippen molar-refractivity contribution in [3.05, 3.63) is 0 Å². The lowest BCUT2D eigenvalue weighted by Gasteiger charge is -2.34. The molecule has 1 fully saturated rings. The molecule has 1 saturated carbocycles. The molecule has 4 heteroatoms. The van der Waals surface area contributed by atoms with Crippen LogP contribution in [0.1, 0.15) is 33.6 Å². The van der Waals surface area contributed by atoms with E-state index < -0.39 is 0 Å². The van der Waals surface area contributed by atoms with Gasteiger partial charge in [0.25, 0.3) is 0 Å². The van der Waals surface area contributed by atoms with Crippen molar-refractivity contribution in [2.75, 3.05) is 40.5 Å². The Morgan fingerprint density at radius 1 is 1.32 bits per heavy atom. The average Bonchev–Trinajstić information content (AvgIpc) is 2.61. The van der Waals surface area contributed by atoms with Crippen LogP contribution >= 0.6 is 0 Å². The Morgan fingerprint density at radius 3 is 2.47 bits per heavy atom. The van der Waals surface area contributed by atoms with Crippen molar-refractivity contribution < 1.29 is 9.47 Å². The zero-order chi connectivity index (χ0) is 14.5. The van der Waals surface area contributed by atoms with Gasteiger partial charge in [-0.15, -0.1) is 0 Å². The van der Waals surface area contributed by atoms with Crippen molar-refractivity contribution in [3.8, 4) is 0 Å². The first-order valence-electron chi connectivity index (χ1n) is 7.40. The van der Waals surface area contributed by atoms with Crippen LogP contribution in [0.5, 0.6) is 0 Å². The topological polar surface area (TPSA) is 47.7 Å². The van der Waals surface area contributed by atoms with E-state index in [1.54, 1.807) is 14.2 Å². The molecule has 0 spiro atoms. The number of nitrogens with two attached hydrogens (primary N) is 1. The predicted octanol–water partition coefficient (Wildman–Crippen LogP) is 1.73. The molecule has 0 amide bonds. The van der Waals surface area contributed by atoms with Crippen molar-refractivity contribution in [1.82, 2.24) is 4.90 Å². The molecule has 1 aliphatic rings. The van der Waals surface area contributed by atoms with Crippen LogP contribution in [0.15, 0.2) is 0 Å². The number of nitrogens with zero attached hydrogens (tertiary/aromatic N) is 1. The second-order valence-electron chi connectivity index (χ2n) is 6.61. The lowest BCUT2D eigenvalue weighted by molar-refractivity contribution is 0.0620. The molecule has 0 aromatic carbocycles. The maximum atomic E-state index is 6.42. The molecule has 1 aliphatic carbocycles. The van der Waals surface area contributed by atoms with Crippen LogP contribution in [0.3, 0.4) is 0 Å². The molecular weight excluding hydrogens is 240 g/mol. The van der Waals surface area contributed by atoms with E-state index >= 15 is 0 Å². The van der Waals surface area contributed by atoms with E-state index in [-0.39, 0.29) is 5.41 Å². The van der Waals surface area contributed by atoms with Crippen molar-refractivity contribution in [3.63, 3.8) is 0 Å². The van der Waals surface area contributed by atoms with Gasteiger partial charge in [0.05, 0.1) is 13.2 Å². The largest absolute Gasteiger partial charge is 0.383 e. The van der Waals surface area contributed by atoms with Crippen LogP contribution < -0.4 is 5.73 Å². The molecular formula is C15H32N2O2. The van der Waals surface area contributed by atoms with Gasteiger partial charge in [0, 0.05) is 39.4 Å². The summed E-state index contributed by atoms with van der Waals surface area (Å²) in [6.07, 6.45) is 2.47. The van der Waals surface area contributed by atoms with E-state index in [1.807, 2.05) is 0 Å². The lowest BCUT2D eigenvalue weighted by Crippen LogP contribution is -2.46. The number of rotatable bonds is 8. The number of hydrogen-bond donors (Lipinski definition) is 1. The molecule has 0 radical (unpaired) electrons. The summed E-state index contributed by atoms with van der Waals surface area (Å²) in [6.45, 7) is 10.3. The molecule has 3 unspecified atom stereocenters. The van der Waals surface area contributed by atoms with Crippen LogP contribution in [0.2, 0.25) is 0 Å². The van der Waals surface area contributed by atoms with E-state index in [2.05, 4.69) is 25.7 Å². The van der Waals surface area contributed by atoms with E-state index in [0.717, 1.165) is 26.3 Å². The second kappa shape index (κ2) is 7.58. The highest BCUT2D eigenvalue weighted by atomic mass is 16.5. The predicted molar refractivity (Wildman–Crippen MR) is 79.3 cm³/mol. The maximum absolute atomic E-state index is 6.42. The van der Waals surface area contributed by atoms with Crippen LogP contribution in [0.4, 0.5) is 0 Å². The van der Waals surface area contributed by atoms with E-state index in [1.165, 1.54) is 12.8 Å². The number of methoxy groups -OCH3 is 2. The van der Waals surface area contributed by atoms with Gasteiger partial charge in [-0.3, -0.25) is 4.90 Å². The molecule has 0 bridgehead atoms. The minimum Gasteiger partial charge on any atom is -0.383 e. The number of hydrogen-bond acceptors (Lipinski definition) is 4. The van der Waals surface area contributed by atoms with Crippen LogP contribution in [-0.2, 0) is 9.47 Å². The summed E-state index contributed by atoms with van der Waals surface area (Å²) in [5, 5.41) is 0. The molecule has 4 nitrogen and oxygen atoms in total. The fraction of sp³-hybridized carbons (Fsp3) is 1.00. The highest BCUT2D eigenvalue weighted by Gasteiger charge is 2.40. The van der Waals surface area contributed by atoms with Gasteiger partial charge in [0.2, 0.25) is 0 Å². The minimum atomic E-state index is 0.280. The summed E-state index contributed by atoms with van der Waals surface area (Å²) < 4.78 is 10.5. The second-order valence-corrected chi connectivity index (χ2v) is 6.61. The summed E-state index contributed by atoms with van der Waals surface area (Å²) in [4.78, 5) is 2.46. The summed E-state index contributed by atoms with van der Waals surface area (Å²) in [6, 6.07) is 0.711. The fourth-order valence-corrected chi connectivity index (χ4v) is 3.09. The highest BCUT2D eigenvalue weighted by molar-refractivity contribution is 4.95. The summed E-state index contributed by atoms with van der Waals surface area (Å²) in [5.41, 5.74) is 6.70. The Labute approximate surface area is 118 Å². The molecule has 0 aromatic heterocycles. The lowest BCUT2D eigenvalue weighted by atomic mass is 9.85. The van der Waals surface area contributed by atoms with Crippen LogP contribution in [0, 0.1) is 11.3 Å². The van der Waals surface area contributed by atoms with Crippen molar-refractivity contribution >= 4 is 0 Å².